The van der Waals surface area contributed by atoms with Crippen molar-refractivity contribution in [3.8, 4) is 0 Å². The van der Waals surface area contributed by atoms with Gasteiger partial charge in [0, 0.05) is 0 Å². The molecule has 5 heteroatoms. The van der Waals surface area contributed by atoms with Gasteiger partial charge in [0.1, 0.15) is 15.4 Å². The van der Waals surface area contributed by atoms with E-state index in [4.69, 9.17) is 11.6 Å². The number of hydrogen-bond donors (Lipinski definition) is 0. The lowest BCUT2D eigenvalue weighted by Gasteiger charge is -1.99. The number of nitrogens with zero attached hydrogens (tertiary/aromatic N) is 2. The van der Waals surface area contributed by atoms with Gasteiger partial charge < -0.3 is 0 Å². The van der Waals surface area contributed by atoms with Crippen LogP contribution in [0.3, 0.4) is 0 Å². The number of hydrogen-bond acceptors (Lipinski definition) is 4. The minimum absolute atomic E-state index is 0.273. The molecule has 2 aromatic heterocycles. The first-order valence-electron chi connectivity index (χ1n) is 6.16. The number of thiazole rings is 2. The Kier molecular flexibility index (Phi) is 2.95. The van der Waals surface area contributed by atoms with Crippen molar-refractivity contribution >= 4 is 54.7 Å². The summed E-state index contributed by atoms with van der Waals surface area (Å²) in [5.74, 6) is 0. The third kappa shape index (κ3) is 2.00. The molecule has 0 radical (unpaired) electrons. The summed E-state index contributed by atoms with van der Waals surface area (Å²) in [5, 5.41) is 1.55. The SMILES string of the molecule is ClC(c1nc2ccccc2s1)c1nc2ccccc2s1. The van der Waals surface area contributed by atoms with Crippen LogP contribution in [0.25, 0.3) is 20.4 Å². The van der Waals surface area contributed by atoms with Crippen molar-refractivity contribution < 1.29 is 0 Å². The third-order valence-corrected chi connectivity index (χ3v) is 5.93. The molecule has 98 valence electrons. The molecule has 0 unspecified atom stereocenters. The van der Waals surface area contributed by atoms with Crippen LogP contribution in [-0.4, -0.2) is 9.97 Å². The van der Waals surface area contributed by atoms with Crippen LogP contribution in [-0.2, 0) is 0 Å². The van der Waals surface area contributed by atoms with Crippen molar-refractivity contribution in [1.29, 1.82) is 0 Å². The zero-order valence-corrected chi connectivity index (χ0v) is 12.7. The van der Waals surface area contributed by atoms with Crippen LogP contribution in [0.4, 0.5) is 0 Å². The maximum atomic E-state index is 6.57. The van der Waals surface area contributed by atoms with Crippen molar-refractivity contribution in [3.63, 3.8) is 0 Å². The molecule has 0 fully saturated rings. The molecule has 0 spiro atoms. The predicted molar refractivity (Wildman–Crippen MR) is 86.9 cm³/mol. The Morgan fingerprint density at radius 1 is 0.750 bits per heavy atom. The fourth-order valence-electron chi connectivity index (χ4n) is 2.10. The zero-order chi connectivity index (χ0) is 13.5. The Morgan fingerprint density at radius 3 is 1.65 bits per heavy atom. The Balaban J connectivity index is 1.80. The molecule has 0 N–H and O–H groups in total. The molecular formula is C15H9ClN2S2. The number of benzene rings is 2. The van der Waals surface area contributed by atoms with E-state index in [1.54, 1.807) is 22.7 Å². The van der Waals surface area contributed by atoms with Gasteiger partial charge in [-0.15, -0.1) is 34.3 Å². The molecule has 0 aliphatic heterocycles. The predicted octanol–water partition coefficient (Wildman–Crippen LogP) is 5.23. The van der Waals surface area contributed by atoms with Crippen LogP contribution in [0.5, 0.6) is 0 Å². The standard InChI is InChI=1S/C15H9ClN2S2/c16-13(14-17-9-5-1-3-7-11(9)19-14)15-18-10-6-2-4-8-12(10)20-15/h1-8,13H. The van der Waals surface area contributed by atoms with E-state index in [-0.39, 0.29) is 5.38 Å². The quantitative estimate of drug-likeness (QED) is 0.473. The number of fused-ring (bicyclic) bond motifs is 2. The first-order valence-corrected chi connectivity index (χ1v) is 8.23. The Hall–Kier alpha value is -1.49. The fourth-order valence-corrected chi connectivity index (χ4v) is 4.44. The van der Waals surface area contributed by atoms with Gasteiger partial charge in [0.15, 0.2) is 0 Å². The monoisotopic (exact) mass is 316 g/mol. The molecule has 0 aliphatic carbocycles. The largest absolute Gasteiger partial charge is 0.239 e. The van der Waals surface area contributed by atoms with Crippen LogP contribution in [0, 0.1) is 0 Å². The third-order valence-electron chi connectivity index (χ3n) is 3.05. The molecule has 2 heterocycles. The van der Waals surface area contributed by atoms with Crippen molar-refractivity contribution in [2.24, 2.45) is 0 Å². The van der Waals surface area contributed by atoms with Crippen LogP contribution >= 0.6 is 34.3 Å². The first-order chi connectivity index (χ1) is 9.81. The van der Waals surface area contributed by atoms with Crippen LogP contribution < -0.4 is 0 Å². The normalized spacial score (nSPS) is 11.7. The average Bonchev–Trinajstić information content (AvgIpc) is 3.10. The van der Waals surface area contributed by atoms with Crippen LogP contribution in [0.1, 0.15) is 15.4 Å². The van der Waals surface area contributed by atoms with Gasteiger partial charge in [0.05, 0.1) is 20.4 Å². The van der Waals surface area contributed by atoms with E-state index >= 15 is 0 Å². The second-order valence-electron chi connectivity index (χ2n) is 4.40. The average molecular weight is 317 g/mol. The second-order valence-corrected chi connectivity index (χ2v) is 6.96. The van der Waals surface area contributed by atoms with Crippen LogP contribution in [0.2, 0.25) is 0 Å². The second kappa shape index (κ2) is 4.81. The van der Waals surface area contributed by atoms with Crippen molar-refractivity contribution in [2.75, 3.05) is 0 Å². The Labute approximate surface area is 128 Å². The lowest BCUT2D eigenvalue weighted by atomic mass is 10.3. The lowest BCUT2D eigenvalue weighted by Crippen LogP contribution is -1.90. The number of rotatable bonds is 2. The van der Waals surface area contributed by atoms with Gasteiger partial charge in [-0.1, -0.05) is 24.3 Å². The van der Waals surface area contributed by atoms with E-state index in [0.29, 0.717) is 0 Å². The lowest BCUT2D eigenvalue weighted by molar-refractivity contribution is 1.09. The highest BCUT2D eigenvalue weighted by atomic mass is 35.5. The Bertz CT molecular complexity index is 757. The summed E-state index contributed by atoms with van der Waals surface area (Å²) in [6, 6.07) is 16.2. The van der Waals surface area contributed by atoms with Crippen molar-refractivity contribution in [1.82, 2.24) is 9.97 Å². The highest BCUT2D eigenvalue weighted by molar-refractivity contribution is 7.20. The summed E-state index contributed by atoms with van der Waals surface area (Å²) < 4.78 is 2.32. The molecule has 0 bridgehead atoms. The molecule has 4 rings (SSSR count). The minimum atomic E-state index is -0.273. The molecule has 2 aromatic carbocycles. The maximum Gasteiger partial charge on any atom is 0.137 e. The summed E-state index contributed by atoms with van der Waals surface area (Å²) in [7, 11) is 0. The van der Waals surface area contributed by atoms with E-state index in [1.807, 2.05) is 36.4 Å². The summed E-state index contributed by atoms with van der Waals surface area (Å²) >= 11 is 9.84. The summed E-state index contributed by atoms with van der Waals surface area (Å²) in [6.45, 7) is 0. The number of para-hydroxylation sites is 2. The molecule has 2 nitrogen and oxygen atoms in total. The molecule has 0 saturated carbocycles. The van der Waals surface area contributed by atoms with E-state index in [0.717, 1.165) is 30.4 Å². The number of alkyl halides is 1. The molecule has 4 aromatic rings. The Morgan fingerprint density at radius 2 is 1.20 bits per heavy atom. The first kappa shape index (κ1) is 12.3. The van der Waals surface area contributed by atoms with Gasteiger partial charge in [-0.3, -0.25) is 0 Å². The molecule has 0 saturated heterocycles. The van der Waals surface area contributed by atoms with E-state index in [9.17, 15) is 0 Å². The summed E-state index contributed by atoms with van der Waals surface area (Å²) in [4.78, 5) is 9.22. The highest BCUT2D eigenvalue weighted by Gasteiger charge is 2.19. The fraction of sp³-hybridized carbons (Fsp3) is 0.0667. The summed E-state index contributed by atoms with van der Waals surface area (Å²) in [6.07, 6.45) is 0. The molecular weight excluding hydrogens is 308 g/mol. The van der Waals surface area contributed by atoms with E-state index < -0.39 is 0 Å². The van der Waals surface area contributed by atoms with Gasteiger partial charge in [-0.2, -0.15) is 0 Å². The van der Waals surface area contributed by atoms with Gasteiger partial charge in [0.2, 0.25) is 0 Å². The molecule has 0 atom stereocenters. The van der Waals surface area contributed by atoms with Gasteiger partial charge in [0.25, 0.3) is 0 Å². The number of aromatic nitrogens is 2. The van der Waals surface area contributed by atoms with Crippen molar-refractivity contribution in [3.05, 3.63) is 58.5 Å². The molecule has 20 heavy (non-hydrogen) atoms. The van der Waals surface area contributed by atoms with Gasteiger partial charge in [-0.05, 0) is 24.3 Å². The van der Waals surface area contributed by atoms with E-state index in [2.05, 4.69) is 22.1 Å². The van der Waals surface area contributed by atoms with Crippen molar-refractivity contribution in [2.45, 2.75) is 5.38 Å². The zero-order valence-electron chi connectivity index (χ0n) is 10.3. The molecule has 0 aliphatic rings. The topological polar surface area (TPSA) is 25.8 Å². The van der Waals surface area contributed by atoms with Gasteiger partial charge >= 0.3 is 0 Å². The smallest absolute Gasteiger partial charge is 0.137 e. The number of halogens is 1. The van der Waals surface area contributed by atoms with Gasteiger partial charge in [-0.25, -0.2) is 9.97 Å². The summed E-state index contributed by atoms with van der Waals surface area (Å²) in [5.41, 5.74) is 2.00. The maximum absolute atomic E-state index is 6.57. The van der Waals surface area contributed by atoms with Crippen LogP contribution in [0.15, 0.2) is 48.5 Å². The highest BCUT2D eigenvalue weighted by Crippen LogP contribution is 2.37. The minimum Gasteiger partial charge on any atom is -0.239 e. The molecule has 0 amide bonds. The van der Waals surface area contributed by atoms with E-state index in [1.165, 1.54) is 0 Å².